The Bertz CT molecular complexity index is 503. The van der Waals surface area contributed by atoms with E-state index < -0.39 is 0 Å². The van der Waals surface area contributed by atoms with Crippen molar-refractivity contribution in [2.24, 2.45) is 0 Å². The number of halogens is 1. The maximum Gasteiger partial charge on any atom is 0.00850 e. The zero-order valence-electron chi connectivity index (χ0n) is 10.00. The van der Waals surface area contributed by atoms with Gasteiger partial charge in [0.05, 0.1) is 0 Å². The largest absolute Gasteiger partial charge is 0.377 e. The van der Waals surface area contributed by atoms with Crippen molar-refractivity contribution in [3.05, 3.63) is 64.9 Å². The predicted molar refractivity (Wildman–Crippen MR) is 68.7 cm³/mol. The summed E-state index contributed by atoms with van der Waals surface area (Å²) in [6.07, 6.45) is 4.96. The van der Waals surface area contributed by atoms with E-state index in [-0.39, 0.29) is 32.7 Å². The molecule has 0 bridgehead atoms. The predicted octanol–water partition coefficient (Wildman–Crippen LogP) is 3.72. The minimum atomic E-state index is 0. The Morgan fingerprint density at radius 3 is 2.59 bits per heavy atom. The monoisotopic (exact) mass is 319 g/mol. The van der Waals surface area contributed by atoms with Crippen LogP contribution in [0.5, 0.6) is 0 Å². The quantitative estimate of drug-likeness (QED) is 0.713. The number of hydrogen-bond acceptors (Lipinski definition) is 1. The third-order valence-corrected chi connectivity index (χ3v) is 3.08. The first-order valence-electron chi connectivity index (χ1n) is 5.09. The van der Waals surface area contributed by atoms with Crippen LogP contribution < -0.4 is 0 Å². The van der Waals surface area contributed by atoms with Gasteiger partial charge >= 0.3 is 0 Å². The SMILES string of the molecule is C=C1C(Cl)=C[C-]=C(c2ccccc2C)N1C.[Y]. The van der Waals surface area contributed by atoms with Gasteiger partial charge in [-0.1, -0.05) is 48.5 Å². The van der Waals surface area contributed by atoms with Crippen molar-refractivity contribution in [3.63, 3.8) is 0 Å². The first-order valence-corrected chi connectivity index (χ1v) is 5.47. The van der Waals surface area contributed by atoms with Gasteiger partial charge in [0.15, 0.2) is 0 Å². The molecule has 1 heterocycles. The molecule has 0 amide bonds. The molecule has 0 atom stereocenters. The van der Waals surface area contributed by atoms with Crippen molar-refractivity contribution in [2.75, 3.05) is 7.05 Å². The van der Waals surface area contributed by atoms with Crippen LogP contribution in [-0.4, -0.2) is 11.9 Å². The van der Waals surface area contributed by atoms with E-state index in [1.807, 2.05) is 24.1 Å². The van der Waals surface area contributed by atoms with Crippen LogP contribution in [0.2, 0.25) is 0 Å². The number of benzene rings is 1. The number of aryl methyl sites for hydroxylation is 1. The van der Waals surface area contributed by atoms with Gasteiger partial charge in [0.1, 0.15) is 0 Å². The zero-order chi connectivity index (χ0) is 11.7. The number of hydrogen-bond donors (Lipinski definition) is 0. The summed E-state index contributed by atoms with van der Waals surface area (Å²) < 4.78 is 0. The molecule has 1 aromatic rings. The summed E-state index contributed by atoms with van der Waals surface area (Å²) in [5, 5.41) is 0.639. The van der Waals surface area contributed by atoms with Crippen LogP contribution in [0.1, 0.15) is 11.1 Å². The van der Waals surface area contributed by atoms with E-state index in [0.717, 1.165) is 17.0 Å². The molecule has 1 radical (unpaired) electrons. The van der Waals surface area contributed by atoms with E-state index >= 15 is 0 Å². The summed E-state index contributed by atoms with van der Waals surface area (Å²) >= 11 is 6.00. The molecule has 0 aliphatic carbocycles. The molecule has 3 heteroatoms. The van der Waals surface area contributed by atoms with Gasteiger partial charge in [0.2, 0.25) is 0 Å². The van der Waals surface area contributed by atoms with E-state index in [0.29, 0.717) is 5.03 Å². The fourth-order valence-corrected chi connectivity index (χ4v) is 1.89. The van der Waals surface area contributed by atoms with Gasteiger partial charge < -0.3 is 4.90 Å². The topological polar surface area (TPSA) is 3.24 Å². The maximum absolute atomic E-state index is 6.00. The molecule has 1 aromatic carbocycles. The second-order valence-corrected chi connectivity index (χ2v) is 4.21. The standard InChI is InChI=1S/C14H13ClN.Y/c1-10-6-4-5-7-12(10)14-9-8-13(15)11(2)16(14)3;/h4-8H,2H2,1,3H3;/q-1;. The van der Waals surface area contributed by atoms with E-state index in [4.69, 9.17) is 11.6 Å². The van der Waals surface area contributed by atoms with Crippen molar-refractivity contribution >= 4 is 17.3 Å². The Hall–Kier alpha value is -0.366. The van der Waals surface area contributed by atoms with Crippen LogP contribution in [-0.2, 0) is 32.7 Å². The Kier molecular flexibility index (Phi) is 5.18. The summed E-state index contributed by atoms with van der Waals surface area (Å²) in [6.45, 7) is 6.03. The molecule has 0 N–H and O–H groups in total. The smallest absolute Gasteiger partial charge is 0.00850 e. The van der Waals surface area contributed by atoms with Crippen LogP contribution in [0.4, 0.5) is 0 Å². The van der Waals surface area contributed by atoms with Crippen molar-refractivity contribution < 1.29 is 32.7 Å². The molecule has 0 saturated carbocycles. The Balaban J connectivity index is 0.00000144. The summed E-state index contributed by atoms with van der Waals surface area (Å²) in [4.78, 5) is 1.96. The molecule has 0 saturated heterocycles. The molecule has 0 aromatic heterocycles. The molecular formula is C14H13ClNY-. The number of likely N-dealkylation sites (N-methyl/N-ethyl adjacent to an activating group) is 1. The fourth-order valence-electron chi connectivity index (χ4n) is 1.70. The van der Waals surface area contributed by atoms with Crippen LogP contribution in [0.3, 0.4) is 0 Å². The summed E-state index contributed by atoms with van der Waals surface area (Å²) in [5.74, 6) is 0. The molecule has 1 aliphatic heterocycles. The summed E-state index contributed by atoms with van der Waals surface area (Å²) in [6, 6.07) is 8.21. The zero-order valence-corrected chi connectivity index (χ0v) is 13.6. The Morgan fingerprint density at radius 1 is 1.29 bits per heavy atom. The molecule has 1 aliphatic rings. The van der Waals surface area contributed by atoms with Gasteiger partial charge in [-0.2, -0.15) is 23.8 Å². The van der Waals surface area contributed by atoms with Crippen LogP contribution in [0.15, 0.2) is 47.6 Å². The molecule has 17 heavy (non-hydrogen) atoms. The first-order chi connectivity index (χ1) is 7.61. The minimum Gasteiger partial charge on any atom is -0.377 e. The number of nitrogens with zero attached hydrogens (tertiary/aromatic N) is 1. The van der Waals surface area contributed by atoms with E-state index in [1.165, 1.54) is 5.56 Å². The maximum atomic E-state index is 6.00. The second-order valence-electron chi connectivity index (χ2n) is 3.81. The molecular weight excluding hydrogens is 307 g/mol. The van der Waals surface area contributed by atoms with Gasteiger partial charge in [0, 0.05) is 39.8 Å². The normalized spacial score (nSPS) is 15.0. The van der Waals surface area contributed by atoms with Gasteiger partial charge in [-0.15, -0.1) is 6.07 Å². The molecule has 0 unspecified atom stereocenters. The first kappa shape index (κ1) is 14.7. The van der Waals surface area contributed by atoms with Crippen molar-refractivity contribution in [3.8, 4) is 0 Å². The van der Waals surface area contributed by atoms with Gasteiger partial charge in [-0.05, 0) is 10.7 Å². The minimum absolute atomic E-state index is 0. The Morgan fingerprint density at radius 2 is 1.94 bits per heavy atom. The van der Waals surface area contributed by atoms with Gasteiger partial charge in [-0.3, -0.25) is 0 Å². The molecule has 1 nitrogen and oxygen atoms in total. The van der Waals surface area contributed by atoms with Crippen molar-refractivity contribution in [1.82, 2.24) is 4.90 Å². The van der Waals surface area contributed by atoms with Gasteiger partial charge in [0.25, 0.3) is 0 Å². The van der Waals surface area contributed by atoms with E-state index in [2.05, 4.69) is 31.7 Å². The molecule has 85 valence electrons. The van der Waals surface area contributed by atoms with Crippen molar-refractivity contribution in [2.45, 2.75) is 6.92 Å². The van der Waals surface area contributed by atoms with Crippen LogP contribution >= 0.6 is 11.6 Å². The summed E-state index contributed by atoms with van der Waals surface area (Å²) in [7, 11) is 1.95. The second kappa shape index (κ2) is 5.99. The van der Waals surface area contributed by atoms with E-state index in [1.54, 1.807) is 6.08 Å². The average molecular weight is 320 g/mol. The average Bonchev–Trinajstić information content (AvgIpc) is 2.28. The number of allylic oxidation sites excluding steroid dienone is 3. The Labute approximate surface area is 133 Å². The summed E-state index contributed by atoms with van der Waals surface area (Å²) in [5.41, 5.74) is 4.19. The molecule has 2 rings (SSSR count). The van der Waals surface area contributed by atoms with Crippen LogP contribution in [0, 0.1) is 13.0 Å². The third-order valence-electron chi connectivity index (χ3n) is 2.75. The fraction of sp³-hybridized carbons (Fsp3) is 0.143. The van der Waals surface area contributed by atoms with Gasteiger partial charge in [-0.25, -0.2) is 0 Å². The van der Waals surface area contributed by atoms with E-state index in [9.17, 15) is 0 Å². The third kappa shape index (κ3) is 2.90. The van der Waals surface area contributed by atoms with Crippen LogP contribution in [0.25, 0.3) is 5.70 Å². The van der Waals surface area contributed by atoms with Crippen molar-refractivity contribution in [1.29, 1.82) is 0 Å². The number of rotatable bonds is 1. The molecule has 0 spiro atoms. The molecule has 0 fully saturated rings.